The van der Waals surface area contributed by atoms with Crippen LogP contribution in [0.4, 0.5) is 0 Å². The Morgan fingerprint density at radius 3 is 1.69 bits per heavy atom. The molecule has 0 aliphatic rings. The Morgan fingerprint density at radius 1 is 0.759 bits per heavy atom. The summed E-state index contributed by atoms with van der Waals surface area (Å²) in [6.45, 7) is 12.6. The van der Waals surface area contributed by atoms with Gasteiger partial charge in [0.2, 0.25) is 17.7 Å². The molecule has 3 amide bonds. The quantitative estimate of drug-likeness (QED) is 0.316. The monoisotopic (exact) mass is 414 g/mol. The van der Waals surface area contributed by atoms with E-state index in [1.807, 2.05) is 27.7 Å². The van der Waals surface area contributed by atoms with Crippen LogP contribution < -0.4 is 21.7 Å². The van der Waals surface area contributed by atoms with Crippen molar-refractivity contribution in [2.75, 3.05) is 0 Å². The van der Waals surface area contributed by atoms with E-state index < -0.39 is 47.9 Å². The van der Waals surface area contributed by atoms with Gasteiger partial charge in [-0.25, -0.2) is 4.79 Å². The first-order valence-corrected chi connectivity index (χ1v) is 10.2. The summed E-state index contributed by atoms with van der Waals surface area (Å²) in [5.41, 5.74) is 5.82. The number of amides is 3. The predicted molar refractivity (Wildman–Crippen MR) is 111 cm³/mol. The molecule has 0 saturated carbocycles. The third kappa shape index (κ3) is 10.3. The minimum absolute atomic E-state index is 0.0776. The molecule has 9 nitrogen and oxygen atoms in total. The number of rotatable bonds is 12. The molecule has 4 atom stereocenters. The summed E-state index contributed by atoms with van der Waals surface area (Å²) in [6.07, 6.45) is 0.768. The first-order chi connectivity index (χ1) is 13.3. The molecule has 29 heavy (non-hydrogen) atoms. The fraction of sp³-hybridized carbons (Fsp3) is 0.800. The molecule has 0 saturated heterocycles. The van der Waals surface area contributed by atoms with Crippen LogP contribution in [0.1, 0.15) is 61.3 Å². The highest BCUT2D eigenvalue weighted by Gasteiger charge is 2.30. The van der Waals surface area contributed by atoms with Crippen LogP contribution in [0.15, 0.2) is 0 Å². The second-order valence-corrected chi connectivity index (χ2v) is 8.73. The van der Waals surface area contributed by atoms with E-state index in [1.165, 1.54) is 6.92 Å². The highest BCUT2D eigenvalue weighted by molar-refractivity contribution is 5.94. The van der Waals surface area contributed by atoms with Crippen LogP contribution in [0, 0.1) is 17.8 Å². The molecule has 0 aliphatic carbocycles. The lowest BCUT2D eigenvalue weighted by molar-refractivity contribution is -0.143. The Labute approximate surface area is 173 Å². The number of nitrogens with one attached hydrogen (secondary N) is 3. The first kappa shape index (κ1) is 26.8. The Kier molecular flexibility index (Phi) is 11.5. The van der Waals surface area contributed by atoms with Crippen LogP contribution in [0.2, 0.25) is 0 Å². The summed E-state index contributed by atoms with van der Waals surface area (Å²) in [5, 5.41) is 17.0. The molecule has 0 aromatic heterocycles. The molecule has 0 aromatic carbocycles. The number of carbonyl (C=O) groups is 4. The summed E-state index contributed by atoms with van der Waals surface area (Å²) in [7, 11) is 0. The fourth-order valence-electron chi connectivity index (χ4n) is 2.77. The molecule has 168 valence electrons. The lowest BCUT2D eigenvalue weighted by atomic mass is 10.00. The number of hydrogen-bond donors (Lipinski definition) is 5. The summed E-state index contributed by atoms with van der Waals surface area (Å²) in [5.74, 6) is -2.64. The maximum Gasteiger partial charge on any atom is 0.326 e. The van der Waals surface area contributed by atoms with Crippen molar-refractivity contribution in [2.45, 2.75) is 85.5 Å². The van der Waals surface area contributed by atoms with Crippen molar-refractivity contribution in [1.82, 2.24) is 16.0 Å². The van der Waals surface area contributed by atoms with E-state index in [4.69, 9.17) is 5.73 Å². The summed E-state index contributed by atoms with van der Waals surface area (Å²) >= 11 is 0. The first-order valence-electron chi connectivity index (χ1n) is 10.2. The van der Waals surface area contributed by atoms with Gasteiger partial charge in [0.25, 0.3) is 0 Å². The normalized spacial score (nSPS) is 15.6. The second-order valence-electron chi connectivity index (χ2n) is 8.73. The Hall–Kier alpha value is -2.16. The van der Waals surface area contributed by atoms with Crippen molar-refractivity contribution in [1.29, 1.82) is 0 Å². The van der Waals surface area contributed by atoms with Gasteiger partial charge in [0.05, 0.1) is 6.04 Å². The van der Waals surface area contributed by atoms with Gasteiger partial charge in [-0.05, 0) is 37.5 Å². The van der Waals surface area contributed by atoms with Gasteiger partial charge in [-0.3, -0.25) is 14.4 Å². The van der Waals surface area contributed by atoms with Crippen molar-refractivity contribution < 1.29 is 24.3 Å². The van der Waals surface area contributed by atoms with Crippen LogP contribution in [-0.2, 0) is 19.2 Å². The molecule has 9 heteroatoms. The molecule has 4 unspecified atom stereocenters. The number of carbonyl (C=O) groups excluding carboxylic acids is 3. The van der Waals surface area contributed by atoms with Gasteiger partial charge in [-0.2, -0.15) is 0 Å². The largest absolute Gasteiger partial charge is 0.480 e. The van der Waals surface area contributed by atoms with E-state index in [0.29, 0.717) is 6.42 Å². The van der Waals surface area contributed by atoms with Crippen LogP contribution in [0.5, 0.6) is 0 Å². The summed E-state index contributed by atoms with van der Waals surface area (Å²) < 4.78 is 0. The maximum absolute atomic E-state index is 12.6. The molecule has 0 heterocycles. The van der Waals surface area contributed by atoms with E-state index in [0.717, 1.165) is 0 Å². The minimum atomic E-state index is -1.12. The van der Waals surface area contributed by atoms with Crippen molar-refractivity contribution >= 4 is 23.7 Å². The molecule has 0 aliphatic heterocycles. The van der Waals surface area contributed by atoms with Crippen LogP contribution >= 0.6 is 0 Å². The van der Waals surface area contributed by atoms with Crippen molar-refractivity contribution in [3.63, 3.8) is 0 Å². The average Bonchev–Trinajstić information content (AvgIpc) is 2.56. The van der Waals surface area contributed by atoms with Gasteiger partial charge in [0, 0.05) is 0 Å². The molecule has 6 N–H and O–H groups in total. The molecule has 0 aromatic rings. The van der Waals surface area contributed by atoms with Gasteiger partial charge in [0.15, 0.2) is 0 Å². The third-order valence-electron chi connectivity index (χ3n) is 4.38. The van der Waals surface area contributed by atoms with Gasteiger partial charge >= 0.3 is 5.97 Å². The van der Waals surface area contributed by atoms with E-state index >= 15 is 0 Å². The number of hydrogen-bond acceptors (Lipinski definition) is 5. The SMILES string of the molecule is CC(C)CC(N)C(=O)NC(C)C(=O)NC(C(=O)NC(CC(C)C)C(=O)O)C(C)C. The van der Waals surface area contributed by atoms with Gasteiger partial charge in [-0.15, -0.1) is 0 Å². The molecule has 0 rings (SSSR count). The lowest BCUT2D eigenvalue weighted by Gasteiger charge is -2.26. The van der Waals surface area contributed by atoms with Gasteiger partial charge in [-0.1, -0.05) is 41.5 Å². The third-order valence-corrected chi connectivity index (χ3v) is 4.38. The van der Waals surface area contributed by atoms with E-state index in [-0.39, 0.29) is 24.2 Å². The average molecular weight is 415 g/mol. The van der Waals surface area contributed by atoms with E-state index in [9.17, 15) is 24.3 Å². The molecular weight excluding hydrogens is 376 g/mol. The number of nitrogens with two attached hydrogens (primary N) is 1. The Bertz CT molecular complexity index is 577. The van der Waals surface area contributed by atoms with Crippen LogP contribution in [0.3, 0.4) is 0 Å². The number of carboxylic acids is 1. The van der Waals surface area contributed by atoms with Crippen LogP contribution in [-0.4, -0.2) is 53.0 Å². The van der Waals surface area contributed by atoms with Gasteiger partial charge in [0.1, 0.15) is 18.1 Å². The minimum Gasteiger partial charge on any atom is -0.480 e. The highest BCUT2D eigenvalue weighted by atomic mass is 16.4. The fourth-order valence-corrected chi connectivity index (χ4v) is 2.77. The predicted octanol–water partition coefficient (Wildman–Crippen LogP) is 0.621. The van der Waals surface area contributed by atoms with E-state index in [2.05, 4.69) is 16.0 Å². The zero-order valence-corrected chi connectivity index (χ0v) is 18.6. The zero-order valence-electron chi connectivity index (χ0n) is 18.6. The maximum atomic E-state index is 12.6. The molecule has 0 spiro atoms. The smallest absolute Gasteiger partial charge is 0.326 e. The standard InChI is InChI=1S/C20H38N4O5/c1-10(2)8-14(21)18(26)22-13(7)17(25)24-16(12(5)6)19(27)23-15(20(28)29)9-11(3)4/h10-16H,8-9,21H2,1-7H3,(H,22,26)(H,23,27)(H,24,25)(H,28,29). The van der Waals surface area contributed by atoms with Crippen molar-refractivity contribution in [2.24, 2.45) is 23.5 Å². The molecule has 0 radical (unpaired) electrons. The highest BCUT2D eigenvalue weighted by Crippen LogP contribution is 2.08. The van der Waals surface area contributed by atoms with Crippen molar-refractivity contribution in [3.05, 3.63) is 0 Å². The summed E-state index contributed by atoms with van der Waals surface area (Å²) in [4.78, 5) is 48.6. The van der Waals surface area contributed by atoms with Crippen molar-refractivity contribution in [3.8, 4) is 0 Å². The number of aliphatic carboxylic acids is 1. The summed E-state index contributed by atoms with van der Waals surface area (Å²) in [6, 6.07) is -3.57. The Morgan fingerprint density at radius 2 is 1.28 bits per heavy atom. The second kappa shape index (κ2) is 12.4. The van der Waals surface area contributed by atoms with Crippen LogP contribution in [0.25, 0.3) is 0 Å². The van der Waals surface area contributed by atoms with E-state index in [1.54, 1.807) is 13.8 Å². The Balaban J connectivity index is 5.00. The zero-order chi connectivity index (χ0) is 22.9. The molecule has 0 fully saturated rings. The van der Waals surface area contributed by atoms with Gasteiger partial charge < -0.3 is 26.8 Å². The lowest BCUT2D eigenvalue weighted by Crippen LogP contribution is -2.57. The number of carboxylic acid groups (broad SMARTS) is 1. The topological polar surface area (TPSA) is 151 Å². The molecule has 0 bridgehead atoms. The molecular formula is C20H38N4O5.